The van der Waals surface area contributed by atoms with E-state index >= 15 is 4.39 Å². The van der Waals surface area contributed by atoms with Crippen LogP contribution in [0.15, 0.2) is 97.6 Å². The fourth-order valence-electron chi connectivity index (χ4n) is 11.0. The fourth-order valence-corrected chi connectivity index (χ4v) is 14.2. The molecule has 37 heteroatoms. The number of benzene rings is 4. The molecule has 8 aromatic rings. The van der Waals surface area contributed by atoms with Crippen molar-refractivity contribution in [3.63, 3.8) is 0 Å². The van der Waals surface area contributed by atoms with Gasteiger partial charge in [0, 0.05) is 47.7 Å². The van der Waals surface area contributed by atoms with Crippen molar-refractivity contribution in [2.24, 2.45) is 0 Å². The number of aliphatic hydroxyl groups is 3. The second-order valence-electron chi connectivity index (χ2n) is 23.8. The number of unbranched alkanes of at least 4 members (excludes halogenated alkanes) is 1. The average molecular weight is 1500 g/mol. The second kappa shape index (κ2) is 36.3. The first-order valence-electron chi connectivity index (χ1n) is 31.8. The van der Waals surface area contributed by atoms with Gasteiger partial charge in [-0.05, 0) is 50.6 Å². The Bertz CT molecular complexity index is 4150. The third-order valence-electron chi connectivity index (χ3n) is 16.3. The zero-order valence-electron chi connectivity index (χ0n) is 56.5. The summed E-state index contributed by atoms with van der Waals surface area (Å²) in [5.74, 6) is -0.537. The van der Waals surface area contributed by atoms with Gasteiger partial charge in [0.25, 0.3) is 0 Å². The molecule has 0 radical (unpaired) electrons. The number of rotatable bonds is 21. The normalized spacial score (nSPS) is 23.9. The van der Waals surface area contributed by atoms with Gasteiger partial charge in [-0.15, -0.1) is 0 Å². The quantitative estimate of drug-likeness (QED) is 0.0206. The molecule has 0 amide bonds. The number of aromatic nitrogens is 8. The number of esters is 2. The molecular formula is C64H82Cl2F2MgN12O18P2. The van der Waals surface area contributed by atoms with E-state index < -0.39 is 100 Å². The predicted octanol–water partition coefficient (Wildman–Crippen LogP) is 5.37. The zero-order valence-corrected chi connectivity index (χ0v) is 61.2. The van der Waals surface area contributed by atoms with Crippen LogP contribution in [0, 0.1) is 6.92 Å². The Kier molecular flexibility index (Phi) is 29.4. The maximum absolute atomic E-state index is 15.9. The molecule has 4 aliphatic heterocycles. The summed E-state index contributed by atoms with van der Waals surface area (Å²) in [6.07, 6.45) is -2.11. The molecule has 2 unspecified atom stereocenters. The Balaban J connectivity index is 0.000000223. The second-order valence-corrected chi connectivity index (χ2v) is 28.2. The molecule has 0 spiro atoms. The predicted molar refractivity (Wildman–Crippen MR) is 366 cm³/mol. The van der Waals surface area contributed by atoms with Gasteiger partial charge in [0.2, 0.25) is 23.7 Å². The van der Waals surface area contributed by atoms with Crippen molar-refractivity contribution in [3.05, 3.63) is 105 Å². The summed E-state index contributed by atoms with van der Waals surface area (Å²) in [4.78, 5) is 49.6. The van der Waals surface area contributed by atoms with E-state index in [1.807, 2.05) is 48.5 Å². The molecule has 30 nitrogen and oxygen atoms in total. The number of hydrogen-bond donors (Lipinski definition) is 7. The van der Waals surface area contributed by atoms with E-state index in [1.165, 1.54) is 63.2 Å². The molecule has 4 fully saturated rings. The first kappa shape index (κ1) is 81.8. The van der Waals surface area contributed by atoms with Crippen molar-refractivity contribution in [3.8, 4) is 23.3 Å². The molecule has 101 heavy (non-hydrogen) atoms. The van der Waals surface area contributed by atoms with Crippen molar-refractivity contribution in [1.29, 1.82) is 0 Å². The minimum Gasteiger partial charge on any atom is -1.00 e. The summed E-state index contributed by atoms with van der Waals surface area (Å²) in [5.41, 5.74) is 8.35. The Morgan fingerprint density at radius 3 is 1.52 bits per heavy atom. The van der Waals surface area contributed by atoms with Crippen molar-refractivity contribution >= 4 is 117 Å². The number of methoxy groups -OCH3 is 2. The number of carbonyl (C=O) groups excluding carboxylic acids is 2. The van der Waals surface area contributed by atoms with E-state index in [4.69, 9.17) is 79.3 Å². The van der Waals surface area contributed by atoms with Crippen molar-refractivity contribution in [2.45, 2.75) is 146 Å². The molecule has 546 valence electrons. The molecule has 4 aromatic heterocycles. The minimum atomic E-state index is -4.44. The molecule has 12 atom stereocenters. The number of aliphatic hydroxyl groups excluding tert-OH is 1. The summed E-state index contributed by atoms with van der Waals surface area (Å²) in [7, 11) is -1.66. The number of carbonyl (C=O) groups is 2. The number of anilines is 2. The van der Waals surface area contributed by atoms with Crippen LogP contribution in [0.1, 0.15) is 85.6 Å². The number of fused-ring (bicyclic) bond motifs is 4. The number of halogens is 4. The van der Waals surface area contributed by atoms with Gasteiger partial charge in [-0.3, -0.25) is 23.2 Å². The van der Waals surface area contributed by atoms with Gasteiger partial charge in [-0.25, -0.2) is 33.0 Å². The van der Waals surface area contributed by atoms with Crippen LogP contribution in [0.5, 0.6) is 23.3 Å². The molecule has 12 rings (SSSR count). The molecule has 9 N–H and O–H groups in total. The Hall–Kier alpha value is -6.49. The van der Waals surface area contributed by atoms with Crippen LogP contribution in [-0.2, 0) is 51.7 Å². The Morgan fingerprint density at radius 2 is 1.10 bits per heavy atom. The first-order valence-corrected chi connectivity index (χ1v) is 35.8. The first-order chi connectivity index (χ1) is 47.2. The fraction of sp³-hybridized carbons (Fsp3) is 0.484. The number of nitrogens with two attached hydrogens (primary N) is 2. The van der Waals surface area contributed by atoms with Crippen LogP contribution in [-0.4, -0.2) is 203 Å². The number of nitrogens with one attached hydrogen (secondary N) is 2. The van der Waals surface area contributed by atoms with Crippen LogP contribution in [0.25, 0.3) is 43.9 Å². The summed E-state index contributed by atoms with van der Waals surface area (Å²) in [6.45, 7) is 8.33. The number of nitrogens with zero attached hydrogens (tertiary/aromatic N) is 8. The number of hydrogen-bond acceptors (Lipinski definition) is 26. The van der Waals surface area contributed by atoms with E-state index in [0.29, 0.717) is 68.8 Å². The molecule has 0 aliphatic carbocycles. The van der Waals surface area contributed by atoms with Gasteiger partial charge in [-0.2, -0.15) is 31.4 Å². The van der Waals surface area contributed by atoms with E-state index in [0.717, 1.165) is 22.6 Å². The zero-order chi connectivity index (χ0) is 71.4. The summed E-state index contributed by atoms with van der Waals surface area (Å²) >= 11 is 6.05. The van der Waals surface area contributed by atoms with E-state index in [9.17, 15) is 33.3 Å². The Labute approximate surface area is 607 Å². The van der Waals surface area contributed by atoms with Gasteiger partial charge >= 0.3 is 49.6 Å². The topological polar surface area (TPSA) is 394 Å². The molecule has 4 saturated heterocycles. The van der Waals surface area contributed by atoms with E-state index in [2.05, 4.69) is 53.9 Å². The standard InChI is InChI=1S/C30H36FN6O9P.C18H21ClNO5P.C12H16FN5O4.C4H9.ClH.Mg/c1-17(27(38)44-19-11-13-42-14-12-19)36-47(40,46-21-10-6-8-18-7-4-5-9-20(18)21)43-15-22-24(31)30(2,39)28(45-22)37-16-33-23-25(37)34-29(32)35-26(23)41-3;1-13(18(21)24-15-9-11-23-12-10-15)20-26(19,22)25-17-8-4-6-14-5-2-3-7-16(14)17;1-12(20)7(13)5(3-19)22-10(12)18-4-15-6-8(18)16-11(14)17-9(6)21-2;1-3-4-2;;/h4-10,16-17,19,22,24,28,39H,11-15H2,1-3H3,(H,36,40)(H2,32,34,35);2-8,13,15H,9-12H2,1H3,(H,20,22);4-5,7,10,19-20H,3H2,1-2H3,(H2,14,16,17);1,3-4H2,2H3;1H;/q;;;-1;;+2/p-1/t17-,22+,24+,28+,30+,47?;13-,26?;5-,7-,10-,12-;;;/m001.../s1. The number of alkyl halides is 2. The molecule has 8 heterocycles. The van der Waals surface area contributed by atoms with Crippen LogP contribution >= 0.6 is 25.9 Å². The van der Waals surface area contributed by atoms with Gasteiger partial charge in [0.1, 0.15) is 59.2 Å². The maximum atomic E-state index is 15.9. The number of imidazole rings is 2. The summed E-state index contributed by atoms with van der Waals surface area (Å²) in [6, 6.07) is 23.3. The largest absolute Gasteiger partial charge is 2.00 e. The van der Waals surface area contributed by atoms with Crippen LogP contribution < -0.4 is 52.6 Å². The monoisotopic (exact) mass is 1500 g/mol. The van der Waals surface area contributed by atoms with E-state index in [1.54, 1.807) is 43.3 Å². The Morgan fingerprint density at radius 1 is 0.693 bits per heavy atom. The van der Waals surface area contributed by atoms with Crippen molar-refractivity contribution < 1.29 is 107 Å². The third kappa shape index (κ3) is 19.9. The van der Waals surface area contributed by atoms with Gasteiger partial charge in [-0.1, -0.05) is 86.1 Å². The van der Waals surface area contributed by atoms with Crippen LogP contribution in [0.3, 0.4) is 0 Å². The van der Waals surface area contributed by atoms with Gasteiger partial charge < -0.3 is 93.1 Å². The van der Waals surface area contributed by atoms with Gasteiger partial charge in [0.05, 0.1) is 66.5 Å². The minimum absolute atomic E-state index is 0. The van der Waals surface area contributed by atoms with Crippen LogP contribution in [0.4, 0.5) is 20.7 Å². The van der Waals surface area contributed by atoms with Crippen molar-refractivity contribution in [1.82, 2.24) is 49.2 Å². The SMILES string of the molecule is COc1nc(N)nc2c1ncn2[C@@H]1O[C@H](CO)[C@@H](F)[C@@]1(C)O.COc1nc(N)nc2c1ncn2[C@@H]1O[C@H](COP(=O)(N[C@@H](C)C(=O)OC2CCOCC2)Oc2cccc3ccccc23)[C@@H](F)[C@@]1(C)O.C[C@H](NP(=O)(Cl)Oc1cccc2ccccc12)C(=O)OC1CCOCC1.[CH2-]CCC.[Cl-].[Mg+2]. The molecule has 0 bridgehead atoms. The third-order valence-corrected chi connectivity index (χ3v) is 19.5. The maximum Gasteiger partial charge on any atom is 2.00 e. The number of ether oxygens (including phenoxy) is 8. The molecule has 0 saturated carbocycles. The molecular weight excluding hydrogens is 1420 g/mol. The summed E-state index contributed by atoms with van der Waals surface area (Å²) < 4.78 is 120. The van der Waals surface area contributed by atoms with Crippen LogP contribution in [0.2, 0.25) is 0 Å². The number of nitrogen functional groups attached to an aromatic ring is 2. The average Bonchev–Trinajstić information content (AvgIpc) is 1.61. The summed E-state index contributed by atoms with van der Waals surface area (Å²) in [5, 5.41) is 39.2. The molecule has 4 aromatic carbocycles. The van der Waals surface area contributed by atoms with Crippen molar-refractivity contribution in [2.75, 3.05) is 65.3 Å². The van der Waals surface area contributed by atoms with Gasteiger partial charge in [0.15, 0.2) is 47.1 Å². The molecule has 4 aliphatic rings. The smallest absolute Gasteiger partial charge is 1.00 e. The van der Waals surface area contributed by atoms with E-state index in [-0.39, 0.29) is 93.9 Å².